The molecule has 18 heavy (non-hydrogen) atoms. The summed E-state index contributed by atoms with van der Waals surface area (Å²) in [7, 11) is 0. The molecule has 2 heterocycles. The molecule has 4 heteroatoms. The first-order chi connectivity index (χ1) is 8.88. The van der Waals surface area contributed by atoms with Crippen LogP contribution in [0.25, 0.3) is 10.2 Å². The molecule has 0 saturated heterocycles. The number of thiazole rings is 1. The van der Waals surface area contributed by atoms with E-state index in [0.717, 1.165) is 15.2 Å². The van der Waals surface area contributed by atoms with Crippen LogP contribution in [0.1, 0.15) is 16.5 Å². The maximum absolute atomic E-state index is 5.91. The Balaban J connectivity index is 2.06. The lowest BCUT2D eigenvalue weighted by Crippen LogP contribution is -2.13. The zero-order chi connectivity index (χ0) is 12.4. The van der Waals surface area contributed by atoms with Gasteiger partial charge in [0.05, 0.1) is 16.4 Å². The number of hydrogen-bond acceptors (Lipinski definition) is 4. The molecule has 2 N–H and O–H groups in total. The van der Waals surface area contributed by atoms with Crippen LogP contribution >= 0.6 is 11.3 Å². The topological polar surface area (TPSA) is 51.8 Å². The van der Waals surface area contributed by atoms with Crippen LogP contribution in [0.4, 0.5) is 0 Å². The standard InChI is InChI=1S/C14H13N3S/c15-8-11(10-4-2-1-3-5-10)14-17-12-9-16-7-6-13(12)18-14/h1-7,9,11H,8,15H2. The minimum atomic E-state index is 0.170. The third-order valence-electron chi connectivity index (χ3n) is 2.94. The van der Waals surface area contributed by atoms with Gasteiger partial charge < -0.3 is 5.73 Å². The minimum Gasteiger partial charge on any atom is -0.329 e. The van der Waals surface area contributed by atoms with Gasteiger partial charge in [-0.2, -0.15) is 0 Å². The fourth-order valence-electron chi connectivity index (χ4n) is 2.01. The molecule has 0 radical (unpaired) electrons. The molecule has 0 amide bonds. The Kier molecular flexibility index (Phi) is 3.04. The Labute approximate surface area is 109 Å². The molecule has 2 aromatic heterocycles. The monoisotopic (exact) mass is 255 g/mol. The molecule has 0 bridgehead atoms. The van der Waals surface area contributed by atoms with E-state index in [1.807, 2.05) is 24.3 Å². The molecular weight excluding hydrogens is 242 g/mol. The highest BCUT2D eigenvalue weighted by molar-refractivity contribution is 7.18. The lowest BCUT2D eigenvalue weighted by Gasteiger charge is -2.11. The summed E-state index contributed by atoms with van der Waals surface area (Å²) in [5, 5.41) is 1.06. The van der Waals surface area contributed by atoms with Crippen LogP contribution in [0, 0.1) is 0 Å². The number of pyridine rings is 1. The smallest absolute Gasteiger partial charge is 0.103 e. The van der Waals surface area contributed by atoms with Crippen molar-refractivity contribution in [2.45, 2.75) is 5.92 Å². The summed E-state index contributed by atoms with van der Waals surface area (Å²) >= 11 is 1.69. The minimum absolute atomic E-state index is 0.170. The van der Waals surface area contributed by atoms with Crippen molar-refractivity contribution in [2.24, 2.45) is 5.73 Å². The predicted molar refractivity (Wildman–Crippen MR) is 74.8 cm³/mol. The van der Waals surface area contributed by atoms with Gasteiger partial charge >= 0.3 is 0 Å². The van der Waals surface area contributed by atoms with E-state index in [2.05, 4.69) is 22.1 Å². The number of fused-ring (bicyclic) bond motifs is 1. The van der Waals surface area contributed by atoms with Gasteiger partial charge in [0.1, 0.15) is 5.01 Å². The number of hydrogen-bond donors (Lipinski definition) is 1. The molecule has 0 aliphatic rings. The van der Waals surface area contributed by atoms with Crippen LogP contribution in [0.5, 0.6) is 0 Å². The molecule has 0 aliphatic carbocycles. The molecule has 3 aromatic rings. The Bertz CT molecular complexity index is 615. The van der Waals surface area contributed by atoms with Crippen molar-refractivity contribution in [3.05, 3.63) is 59.4 Å². The lowest BCUT2D eigenvalue weighted by molar-refractivity contribution is 0.812. The second-order valence-corrected chi connectivity index (χ2v) is 5.16. The van der Waals surface area contributed by atoms with Gasteiger partial charge in [0.15, 0.2) is 0 Å². The van der Waals surface area contributed by atoms with Crippen LogP contribution in [0.15, 0.2) is 48.8 Å². The highest BCUT2D eigenvalue weighted by Gasteiger charge is 2.16. The van der Waals surface area contributed by atoms with Gasteiger partial charge in [-0.1, -0.05) is 30.3 Å². The summed E-state index contributed by atoms with van der Waals surface area (Å²) < 4.78 is 1.16. The van der Waals surface area contributed by atoms with Crippen LogP contribution < -0.4 is 5.73 Å². The molecule has 0 aliphatic heterocycles. The molecule has 3 nitrogen and oxygen atoms in total. The van der Waals surface area contributed by atoms with E-state index in [1.165, 1.54) is 5.56 Å². The van der Waals surface area contributed by atoms with Crippen LogP contribution in [-0.4, -0.2) is 16.5 Å². The van der Waals surface area contributed by atoms with E-state index in [4.69, 9.17) is 5.73 Å². The Morgan fingerprint density at radius 2 is 2.00 bits per heavy atom. The fraction of sp³-hybridized carbons (Fsp3) is 0.143. The van der Waals surface area contributed by atoms with Crippen molar-refractivity contribution in [3.8, 4) is 0 Å². The van der Waals surface area contributed by atoms with Crippen molar-refractivity contribution in [1.29, 1.82) is 0 Å². The maximum atomic E-state index is 5.91. The fourth-order valence-corrected chi connectivity index (χ4v) is 3.09. The van der Waals surface area contributed by atoms with E-state index < -0.39 is 0 Å². The number of nitrogens with two attached hydrogens (primary N) is 1. The van der Waals surface area contributed by atoms with Gasteiger partial charge in [0.2, 0.25) is 0 Å². The lowest BCUT2D eigenvalue weighted by atomic mass is 10.0. The normalized spacial score (nSPS) is 12.7. The number of rotatable bonds is 3. The molecule has 0 saturated carbocycles. The second-order valence-electron chi connectivity index (χ2n) is 4.09. The van der Waals surface area contributed by atoms with E-state index in [-0.39, 0.29) is 5.92 Å². The van der Waals surface area contributed by atoms with Crippen molar-refractivity contribution in [3.63, 3.8) is 0 Å². The van der Waals surface area contributed by atoms with Crippen LogP contribution in [-0.2, 0) is 0 Å². The molecule has 0 spiro atoms. The number of aromatic nitrogens is 2. The molecular formula is C14H13N3S. The maximum Gasteiger partial charge on any atom is 0.103 e. The molecule has 1 aromatic carbocycles. The average molecular weight is 255 g/mol. The number of nitrogens with zero attached hydrogens (tertiary/aromatic N) is 2. The Morgan fingerprint density at radius 3 is 2.72 bits per heavy atom. The third kappa shape index (κ3) is 2.00. The predicted octanol–water partition coefficient (Wildman–Crippen LogP) is 2.78. The zero-order valence-electron chi connectivity index (χ0n) is 9.78. The average Bonchev–Trinajstić information content (AvgIpc) is 2.84. The van der Waals surface area contributed by atoms with Gasteiger partial charge in [-0.05, 0) is 11.6 Å². The molecule has 1 atom stereocenters. The van der Waals surface area contributed by atoms with Gasteiger partial charge in [0.25, 0.3) is 0 Å². The van der Waals surface area contributed by atoms with Crippen molar-refractivity contribution in [1.82, 2.24) is 9.97 Å². The summed E-state index contributed by atoms with van der Waals surface area (Å²) in [6.07, 6.45) is 3.60. The van der Waals surface area contributed by atoms with E-state index in [9.17, 15) is 0 Å². The quantitative estimate of drug-likeness (QED) is 0.783. The van der Waals surface area contributed by atoms with Crippen LogP contribution in [0.2, 0.25) is 0 Å². The van der Waals surface area contributed by atoms with Crippen molar-refractivity contribution >= 4 is 21.6 Å². The van der Waals surface area contributed by atoms with Crippen molar-refractivity contribution in [2.75, 3.05) is 6.54 Å². The summed E-state index contributed by atoms with van der Waals surface area (Å²) in [6.45, 7) is 0.567. The first-order valence-corrected chi connectivity index (χ1v) is 6.65. The summed E-state index contributed by atoms with van der Waals surface area (Å²) in [6, 6.07) is 12.3. The molecule has 1 unspecified atom stereocenters. The summed E-state index contributed by atoms with van der Waals surface area (Å²) in [5.74, 6) is 0.170. The van der Waals surface area contributed by atoms with Gasteiger partial charge in [-0.3, -0.25) is 4.98 Å². The van der Waals surface area contributed by atoms with E-state index in [1.54, 1.807) is 23.7 Å². The largest absolute Gasteiger partial charge is 0.329 e. The van der Waals surface area contributed by atoms with Crippen LogP contribution in [0.3, 0.4) is 0 Å². The highest BCUT2D eigenvalue weighted by Crippen LogP contribution is 2.30. The highest BCUT2D eigenvalue weighted by atomic mass is 32.1. The molecule has 90 valence electrons. The Hall–Kier alpha value is -1.78. The first-order valence-electron chi connectivity index (χ1n) is 5.84. The van der Waals surface area contributed by atoms with Gasteiger partial charge in [-0.15, -0.1) is 11.3 Å². The van der Waals surface area contributed by atoms with E-state index >= 15 is 0 Å². The number of benzene rings is 1. The summed E-state index contributed by atoms with van der Waals surface area (Å²) in [5.41, 5.74) is 8.08. The zero-order valence-corrected chi connectivity index (χ0v) is 10.6. The molecule has 3 rings (SSSR count). The van der Waals surface area contributed by atoms with Crippen molar-refractivity contribution < 1.29 is 0 Å². The summed E-state index contributed by atoms with van der Waals surface area (Å²) in [4.78, 5) is 8.73. The SMILES string of the molecule is NCC(c1ccccc1)c1nc2cnccc2s1. The van der Waals surface area contributed by atoms with E-state index in [0.29, 0.717) is 6.54 Å². The third-order valence-corrected chi connectivity index (χ3v) is 4.09. The first kappa shape index (κ1) is 11.3. The van der Waals surface area contributed by atoms with Gasteiger partial charge in [0, 0.05) is 18.7 Å². The van der Waals surface area contributed by atoms with Gasteiger partial charge in [-0.25, -0.2) is 4.98 Å². The Morgan fingerprint density at radius 1 is 1.17 bits per heavy atom. The molecule has 0 fully saturated rings. The second kappa shape index (κ2) is 4.84.